The van der Waals surface area contributed by atoms with Crippen LogP contribution in [0.25, 0.3) is 0 Å². The number of carboxylic acids is 1. The predicted octanol–water partition coefficient (Wildman–Crippen LogP) is -1.41. The van der Waals surface area contributed by atoms with Crippen LogP contribution in [0.3, 0.4) is 0 Å². The van der Waals surface area contributed by atoms with E-state index in [9.17, 15) is 4.79 Å². The number of hydrogen-bond donors (Lipinski definition) is 3. The van der Waals surface area contributed by atoms with E-state index in [4.69, 9.17) is 15.9 Å². The second-order valence-corrected chi connectivity index (χ2v) is 2.53. The first-order chi connectivity index (χ1) is 3.50. The summed E-state index contributed by atoms with van der Waals surface area (Å²) in [7, 11) is 1.84. The van der Waals surface area contributed by atoms with E-state index in [-0.39, 0.29) is 0 Å². The summed E-state index contributed by atoms with van der Waals surface area (Å²) in [6.45, 7) is -0.576. The summed E-state index contributed by atoms with van der Waals surface area (Å²) in [6.07, 6.45) is 0. The van der Waals surface area contributed by atoms with Crippen molar-refractivity contribution in [2.75, 3.05) is 6.61 Å². The Labute approximate surface area is 48.9 Å². The van der Waals surface area contributed by atoms with E-state index in [0.717, 1.165) is 0 Å². The van der Waals surface area contributed by atoms with Gasteiger partial charge in [0.05, 0.1) is 6.61 Å². The van der Waals surface area contributed by atoms with E-state index in [1.54, 1.807) is 0 Å². The number of hydrogen-bond acceptors (Lipinski definition) is 3. The smallest absolute Gasteiger partial charge is 0.329 e. The maximum Gasteiger partial charge on any atom is 0.329 e. The standard InChI is InChI=1S/C3H8NO3P/c4-3(8,1-5)2(6)7/h5H,1,4,8H2,(H,6,7). The molecule has 4 N–H and O–H groups in total. The molecule has 0 amide bonds. The fraction of sp³-hybridized carbons (Fsp3) is 0.667. The van der Waals surface area contributed by atoms with Crippen molar-refractivity contribution in [1.29, 1.82) is 0 Å². The lowest BCUT2D eigenvalue weighted by Gasteiger charge is -2.13. The van der Waals surface area contributed by atoms with Gasteiger partial charge < -0.3 is 15.9 Å². The van der Waals surface area contributed by atoms with Gasteiger partial charge in [-0.2, -0.15) is 0 Å². The van der Waals surface area contributed by atoms with Crippen molar-refractivity contribution in [3.8, 4) is 0 Å². The third kappa shape index (κ3) is 1.74. The molecule has 0 radical (unpaired) electrons. The second kappa shape index (κ2) is 2.40. The van der Waals surface area contributed by atoms with Gasteiger partial charge in [0.15, 0.2) is 5.28 Å². The van der Waals surface area contributed by atoms with Crippen molar-refractivity contribution in [3.05, 3.63) is 0 Å². The number of aliphatic hydroxyl groups excluding tert-OH is 1. The molecular weight excluding hydrogens is 129 g/mol. The van der Waals surface area contributed by atoms with Crippen molar-refractivity contribution < 1.29 is 15.0 Å². The molecule has 0 heterocycles. The van der Waals surface area contributed by atoms with E-state index in [2.05, 4.69) is 0 Å². The molecule has 2 atom stereocenters. The van der Waals surface area contributed by atoms with Gasteiger partial charge >= 0.3 is 5.97 Å². The monoisotopic (exact) mass is 137 g/mol. The van der Waals surface area contributed by atoms with Crippen LogP contribution in [0.2, 0.25) is 0 Å². The lowest BCUT2D eigenvalue weighted by Crippen LogP contribution is -2.44. The number of rotatable bonds is 2. The summed E-state index contributed by atoms with van der Waals surface area (Å²) < 4.78 is 0. The molecule has 0 bridgehead atoms. The third-order valence-corrected chi connectivity index (χ3v) is 1.09. The zero-order valence-corrected chi connectivity index (χ0v) is 5.32. The van der Waals surface area contributed by atoms with Crippen molar-refractivity contribution in [3.63, 3.8) is 0 Å². The summed E-state index contributed by atoms with van der Waals surface area (Å²) in [5, 5.41) is 14.8. The maximum absolute atomic E-state index is 9.95. The zero-order chi connectivity index (χ0) is 6.78. The summed E-state index contributed by atoms with van der Waals surface area (Å²) in [5.74, 6) is -1.23. The molecule has 0 spiro atoms. The van der Waals surface area contributed by atoms with E-state index in [0.29, 0.717) is 0 Å². The first kappa shape index (κ1) is 7.82. The fourth-order valence-electron chi connectivity index (χ4n) is 0.0676. The Hall–Kier alpha value is -0.180. The highest BCUT2D eigenvalue weighted by molar-refractivity contribution is 7.20. The van der Waals surface area contributed by atoms with Gasteiger partial charge in [0.25, 0.3) is 0 Å². The molecule has 0 saturated heterocycles. The van der Waals surface area contributed by atoms with Gasteiger partial charge in [-0.3, -0.25) is 0 Å². The van der Waals surface area contributed by atoms with Gasteiger partial charge in [-0.1, -0.05) is 0 Å². The van der Waals surface area contributed by atoms with Gasteiger partial charge in [-0.15, -0.1) is 9.24 Å². The Bertz CT molecular complexity index is 103. The quantitative estimate of drug-likeness (QED) is 0.408. The van der Waals surface area contributed by atoms with Gasteiger partial charge in [0, 0.05) is 0 Å². The fourth-order valence-corrected chi connectivity index (χ4v) is 0.0676. The van der Waals surface area contributed by atoms with E-state index >= 15 is 0 Å². The van der Waals surface area contributed by atoms with Crippen LogP contribution in [0, 0.1) is 0 Å². The SMILES string of the molecule is NC(P)(CO)C(=O)O. The lowest BCUT2D eigenvalue weighted by atomic mass is 10.3. The van der Waals surface area contributed by atoms with Crippen LogP contribution in [0.1, 0.15) is 0 Å². The molecule has 48 valence electrons. The number of aliphatic carboxylic acids is 1. The summed E-state index contributed by atoms with van der Waals surface area (Å²) >= 11 is 0. The first-order valence-corrected chi connectivity index (χ1v) is 2.50. The Balaban J connectivity index is 3.91. The van der Waals surface area contributed by atoms with E-state index in [1.165, 1.54) is 0 Å². The van der Waals surface area contributed by atoms with E-state index in [1.807, 2.05) is 9.24 Å². The summed E-state index contributed by atoms with van der Waals surface area (Å²) in [4.78, 5) is 9.95. The highest BCUT2D eigenvalue weighted by Gasteiger charge is 2.26. The number of nitrogens with two attached hydrogens (primary N) is 1. The average molecular weight is 137 g/mol. The van der Waals surface area contributed by atoms with Crippen molar-refractivity contribution in [1.82, 2.24) is 0 Å². The molecule has 4 nitrogen and oxygen atoms in total. The average Bonchev–Trinajstić information content (AvgIpc) is 1.67. The van der Waals surface area contributed by atoms with Crippen LogP contribution >= 0.6 is 9.24 Å². The minimum absolute atomic E-state index is 0.576. The Morgan fingerprint density at radius 3 is 2.25 bits per heavy atom. The van der Waals surface area contributed by atoms with Gasteiger partial charge in [0.1, 0.15) is 0 Å². The van der Waals surface area contributed by atoms with Crippen LogP contribution in [-0.2, 0) is 4.79 Å². The summed E-state index contributed by atoms with van der Waals surface area (Å²) in [5.41, 5.74) is 4.97. The lowest BCUT2D eigenvalue weighted by molar-refractivity contribution is -0.140. The van der Waals surface area contributed by atoms with Crippen LogP contribution < -0.4 is 5.73 Å². The van der Waals surface area contributed by atoms with Gasteiger partial charge in [0.2, 0.25) is 0 Å². The van der Waals surface area contributed by atoms with Crippen molar-refractivity contribution in [2.24, 2.45) is 5.73 Å². The van der Waals surface area contributed by atoms with Gasteiger partial charge in [-0.25, -0.2) is 4.79 Å². The van der Waals surface area contributed by atoms with E-state index < -0.39 is 17.9 Å². The second-order valence-electron chi connectivity index (χ2n) is 1.50. The molecule has 0 aromatic rings. The molecule has 8 heavy (non-hydrogen) atoms. The van der Waals surface area contributed by atoms with Crippen LogP contribution in [0.15, 0.2) is 0 Å². The number of carboxylic acid groups (broad SMARTS) is 1. The molecule has 0 fully saturated rings. The summed E-state index contributed by atoms with van der Waals surface area (Å²) in [6, 6.07) is 0. The molecule has 0 rings (SSSR count). The third-order valence-electron chi connectivity index (χ3n) is 0.660. The van der Waals surface area contributed by atoms with Crippen molar-refractivity contribution in [2.45, 2.75) is 5.28 Å². The maximum atomic E-state index is 9.95. The molecule has 0 saturated carbocycles. The number of carbonyl (C=O) groups is 1. The molecule has 0 aliphatic heterocycles. The molecule has 0 aliphatic rings. The molecule has 0 aliphatic carbocycles. The van der Waals surface area contributed by atoms with Crippen LogP contribution in [0.4, 0.5) is 0 Å². The van der Waals surface area contributed by atoms with Gasteiger partial charge in [-0.05, 0) is 0 Å². The minimum atomic E-state index is -1.57. The normalized spacial score (nSPS) is 17.4. The van der Waals surface area contributed by atoms with Crippen LogP contribution in [0.5, 0.6) is 0 Å². The Morgan fingerprint density at radius 1 is 1.88 bits per heavy atom. The highest BCUT2D eigenvalue weighted by atomic mass is 31.0. The van der Waals surface area contributed by atoms with Crippen LogP contribution in [-0.4, -0.2) is 28.1 Å². The molecule has 0 aromatic carbocycles. The van der Waals surface area contributed by atoms with Crippen molar-refractivity contribution >= 4 is 15.2 Å². The largest absolute Gasteiger partial charge is 0.480 e. The molecule has 2 unspecified atom stereocenters. The predicted molar refractivity (Wildman–Crippen MR) is 31.3 cm³/mol. The Morgan fingerprint density at radius 2 is 2.25 bits per heavy atom. The zero-order valence-electron chi connectivity index (χ0n) is 4.16. The first-order valence-electron chi connectivity index (χ1n) is 1.92. The Kier molecular flexibility index (Phi) is 2.34. The molecule has 0 aromatic heterocycles. The molecular formula is C3H8NO3P. The minimum Gasteiger partial charge on any atom is -0.480 e. The molecule has 5 heteroatoms. The topological polar surface area (TPSA) is 83.5 Å². The highest BCUT2D eigenvalue weighted by Crippen LogP contribution is 2.07. The number of aliphatic hydroxyl groups is 1.